The number of rotatable bonds is 3. The van der Waals surface area contributed by atoms with Crippen LogP contribution in [0.3, 0.4) is 0 Å². The SMILES string of the molecule is S=C(NCc1cccc(Cl)c1)NC1CC1. The second-order valence-electron chi connectivity index (χ2n) is 3.73. The predicted molar refractivity (Wildman–Crippen MR) is 67.0 cm³/mol. The third-order valence-electron chi connectivity index (χ3n) is 2.25. The van der Waals surface area contributed by atoms with Gasteiger partial charge < -0.3 is 10.6 Å². The van der Waals surface area contributed by atoms with Gasteiger partial charge >= 0.3 is 0 Å². The molecule has 0 radical (unpaired) electrons. The van der Waals surface area contributed by atoms with Crippen LogP contribution in [0.25, 0.3) is 0 Å². The standard InChI is InChI=1S/C11H13ClN2S/c12-9-3-1-2-8(6-9)7-13-11(15)14-10-4-5-10/h1-3,6,10H,4-5,7H2,(H2,13,14,15). The van der Waals surface area contributed by atoms with Gasteiger partial charge in [-0.1, -0.05) is 23.7 Å². The summed E-state index contributed by atoms with van der Waals surface area (Å²) in [5, 5.41) is 7.88. The van der Waals surface area contributed by atoms with Gasteiger partial charge in [0.05, 0.1) is 0 Å². The number of nitrogens with one attached hydrogen (secondary N) is 2. The van der Waals surface area contributed by atoms with E-state index in [2.05, 4.69) is 10.6 Å². The lowest BCUT2D eigenvalue weighted by atomic mass is 10.2. The van der Waals surface area contributed by atoms with Gasteiger partial charge in [-0.2, -0.15) is 0 Å². The van der Waals surface area contributed by atoms with Crippen LogP contribution in [0, 0.1) is 0 Å². The molecule has 1 fully saturated rings. The summed E-state index contributed by atoms with van der Waals surface area (Å²) in [7, 11) is 0. The summed E-state index contributed by atoms with van der Waals surface area (Å²) in [6.07, 6.45) is 2.47. The minimum Gasteiger partial charge on any atom is -0.360 e. The zero-order chi connectivity index (χ0) is 10.7. The first-order valence-electron chi connectivity index (χ1n) is 5.03. The number of hydrogen-bond acceptors (Lipinski definition) is 1. The van der Waals surface area contributed by atoms with Gasteiger partial charge in [-0.15, -0.1) is 0 Å². The fourth-order valence-electron chi connectivity index (χ4n) is 1.29. The molecule has 1 aromatic rings. The Balaban J connectivity index is 1.78. The number of halogens is 1. The highest BCUT2D eigenvalue weighted by molar-refractivity contribution is 7.80. The van der Waals surface area contributed by atoms with Gasteiger partial charge in [-0.3, -0.25) is 0 Å². The summed E-state index contributed by atoms with van der Waals surface area (Å²) in [4.78, 5) is 0. The Kier molecular flexibility index (Phi) is 3.44. The predicted octanol–water partition coefficient (Wildman–Crippen LogP) is 2.47. The Morgan fingerprint density at radius 3 is 2.93 bits per heavy atom. The smallest absolute Gasteiger partial charge is 0.166 e. The summed E-state index contributed by atoms with van der Waals surface area (Å²) in [6, 6.07) is 8.37. The summed E-state index contributed by atoms with van der Waals surface area (Å²) < 4.78 is 0. The molecule has 1 aromatic carbocycles. The van der Waals surface area contributed by atoms with Crippen molar-refractivity contribution in [3.05, 3.63) is 34.9 Å². The molecule has 0 bridgehead atoms. The first-order chi connectivity index (χ1) is 7.24. The Morgan fingerprint density at radius 1 is 1.47 bits per heavy atom. The second kappa shape index (κ2) is 4.81. The van der Waals surface area contributed by atoms with Gasteiger partial charge in [0.1, 0.15) is 0 Å². The first kappa shape index (κ1) is 10.7. The molecule has 0 spiro atoms. The molecular formula is C11H13ClN2S. The van der Waals surface area contributed by atoms with E-state index in [1.165, 1.54) is 12.8 Å². The van der Waals surface area contributed by atoms with Gasteiger partial charge in [0, 0.05) is 17.6 Å². The molecule has 0 unspecified atom stereocenters. The molecule has 0 aliphatic heterocycles. The Labute approximate surface area is 100 Å². The molecule has 1 aliphatic rings. The molecule has 0 heterocycles. The maximum absolute atomic E-state index is 5.88. The van der Waals surface area contributed by atoms with Gasteiger partial charge in [0.2, 0.25) is 0 Å². The molecule has 2 rings (SSSR count). The van der Waals surface area contributed by atoms with Crippen molar-refractivity contribution < 1.29 is 0 Å². The lowest BCUT2D eigenvalue weighted by Gasteiger charge is -2.09. The molecule has 1 aliphatic carbocycles. The van der Waals surface area contributed by atoms with Crippen LogP contribution in [0.5, 0.6) is 0 Å². The second-order valence-corrected chi connectivity index (χ2v) is 4.58. The van der Waals surface area contributed by atoms with Crippen LogP contribution < -0.4 is 10.6 Å². The topological polar surface area (TPSA) is 24.1 Å². The fraction of sp³-hybridized carbons (Fsp3) is 0.364. The third-order valence-corrected chi connectivity index (χ3v) is 2.75. The van der Waals surface area contributed by atoms with Crippen molar-refractivity contribution in [2.45, 2.75) is 25.4 Å². The first-order valence-corrected chi connectivity index (χ1v) is 5.81. The van der Waals surface area contributed by atoms with Crippen molar-refractivity contribution in [1.29, 1.82) is 0 Å². The van der Waals surface area contributed by atoms with Crippen LogP contribution in [0.2, 0.25) is 5.02 Å². The molecule has 1 saturated carbocycles. The zero-order valence-corrected chi connectivity index (χ0v) is 9.87. The quantitative estimate of drug-likeness (QED) is 0.794. The Morgan fingerprint density at radius 2 is 2.27 bits per heavy atom. The Bertz CT molecular complexity index is 363. The number of hydrogen-bond donors (Lipinski definition) is 2. The molecule has 2 nitrogen and oxygen atoms in total. The van der Waals surface area contributed by atoms with E-state index in [-0.39, 0.29) is 0 Å². The lowest BCUT2D eigenvalue weighted by molar-refractivity contribution is 0.829. The van der Waals surface area contributed by atoms with E-state index in [1.807, 2.05) is 24.3 Å². The van der Waals surface area contributed by atoms with Crippen LogP contribution in [0.15, 0.2) is 24.3 Å². The molecule has 80 valence electrons. The zero-order valence-electron chi connectivity index (χ0n) is 8.29. The van der Waals surface area contributed by atoms with E-state index >= 15 is 0 Å². The maximum atomic E-state index is 5.88. The van der Waals surface area contributed by atoms with Crippen LogP contribution in [0.4, 0.5) is 0 Å². The van der Waals surface area contributed by atoms with Gasteiger partial charge in [-0.05, 0) is 42.8 Å². The van der Waals surface area contributed by atoms with E-state index in [0.29, 0.717) is 6.04 Å². The molecule has 2 N–H and O–H groups in total. The van der Waals surface area contributed by atoms with Crippen molar-refractivity contribution in [2.75, 3.05) is 0 Å². The average molecular weight is 241 g/mol. The summed E-state index contributed by atoms with van der Waals surface area (Å²) in [5.41, 5.74) is 1.14. The highest BCUT2D eigenvalue weighted by atomic mass is 35.5. The van der Waals surface area contributed by atoms with Crippen molar-refractivity contribution in [3.63, 3.8) is 0 Å². The van der Waals surface area contributed by atoms with E-state index in [4.69, 9.17) is 23.8 Å². The monoisotopic (exact) mass is 240 g/mol. The van der Waals surface area contributed by atoms with E-state index in [9.17, 15) is 0 Å². The van der Waals surface area contributed by atoms with Crippen LogP contribution in [-0.4, -0.2) is 11.2 Å². The molecule has 0 saturated heterocycles. The molecule has 0 aromatic heterocycles. The largest absolute Gasteiger partial charge is 0.360 e. The molecular weight excluding hydrogens is 228 g/mol. The van der Waals surface area contributed by atoms with E-state index in [0.717, 1.165) is 22.2 Å². The highest BCUT2D eigenvalue weighted by Crippen LogP contribution is 2.18. The minimum absolute atomic E-state index is 0.601. The van der Waals surface area contributed by atoms with E-state index < -0.39 is 0 Å². The van der Waals surface area contributed by atoms with Crippen molar-refractivity contribution in [2.24, 2.45) is 0 Å². The third kappa shape index (κ3) is 3.68. The van der Waals surface area contributed by atoms with Crippen LogP contribution in [0.1, 0.15) is 18.4 Å². The van der Waals surface area contributed by atoms with Gasteiger partial charge in [0.25, 0.3) is 0 Å². The van der Waals surface area contributed by atoms with Crippen molar-refractivity contribution in [1.82, 2.24) is 10.6 Å². The molecule has 15 heavy (non-hydrogen) atoms. The fourth-order valence-corrected chi connectivity index (χ4v) is 1.75. The number of benzene rings is 1. The highest BCUT2D eigenvalue weighted by Gasteiger charge is 2.21. The molecule has 0 amide bonds. The average Bonchev–Trinajstić information content (AvgIpc) is 2.99. The minimum atomic E-state index is 0.601. The van der Waals surface area contributed by atoms with Gasteiger partial charge in [0.15, 0.2) is 5.11 Å². The normalized spacial score (nSPS) is 14.7. The lowest BCUT2D eigenvalue weighted by Crippen LogP contribution is -2.36. The van der Waals surface area contributed by atoms with Gasteiger partial charge in [-0.25, -0.2) is 0 Å². The van der Waals surface area contributed by atoms with Crippen LogP contribution in [-0.2, 0) is 6.54 Å². The maximum Gasteiger partial charge on any atom is 0.166 e. The summed E-state index contributed by atoms with van der Waals surface area (Å²) in [6.45, 7) is 0.721. The molecule has 4 heteroatoms. The number of thiocarbonyl (C=S) groups is 1. The van der Waals surface area contributed by atoms with Crippen LogP contribution >= 0.6 is 23.8 Å². The summed E-state index contributed by atoms with van der Waals surface area (Å²) in [5.74, 6) is 0. The molecule has 0 atom stereocenters. The Hall–Kier alpha value is -0.800. The van der Waals surface area contributed by atoms with E-state index in [1.54, 1.807) is 0 Å². The van der Waals surface area contributed by atoms with Crippen molar-refractivity contribution in [3.8, 4) is 0 Å². The van der Waals surface area contributed by atoms with Crippen molar-refractivity contribution >= 4 is 28.9 Å². The summed E-state index contributed by atoms with van der Waals surface area (Å²) >= 11 is 11.0.